The number of benzene rings is 1. The lowest BCUT2D eigenvalue weighted by atomic mass is 10.1. The van der Waals surface area contributed by atoms with Crippen LogP contribution < -0.4 is 15.4 Å². The fourth-order valence-corrected chi connectivity index (χ4v) is 2.80. The predicted octanol–water partition coefficient (Wildman–Crippen LogP) is 2.47. The first-order valence-corrected chi connectivity index (χ1v) is 8.02. The van der Waals surface area contributed by atoms with Crippen LogP contribution in [-0.2, 0) is 9.59 Å². The lowest BCUT2D eigenvalue weighted by Crippen LogP contribution is -2.44. The average molecular weight is 319 g/mol. The Morgan fingerprint density at radius 2 is 1.87 bits per heavy atom. The van der Waals surface area contributed by atoms with Crippen LogP contribution in [0.4, 0.5) is 11.4 Å². The van der Waals surface area contributed by atoms with Gasteiger partial charge in [0.05, 0.1) is 18.8 Å². The third-order valence-electron chi connectivity index (χ3n) is 4.10. The number of piperidine rings is 1. The number of hydrogen-bond donors (Lipinski definition) is 2. The van der Waals surface area contributed by atoms with Crippen molar-refractivity contribution in [3.8, 4) is 5.75 Å². The third-order valence-corrected chi connectivity index (χ3v) is 4.10. The Hall–Kier alpha value is -2.08. The molecule has 2 amide bonds. The molecule has 0 radical (unpaired) electrons. The van der Waals surface area contributed by atoms with E-state index in [1.165, 1.54) is 13.3 Å². The number of ether oxygens (including phenoxy) is 1. The number of methoxy groups -OCH3 is 1. The molecule has 0 aromatic heterocycles. The molecule has 0 saturated carbocycles. The van der Waals surface area contributed by atoms with Crippen LogP contribution in [0.1, 0.15) is 33.1 Å². The number of anilines is 2. The van der Waals surface area contributed by atoms with E-state index in [4.69, 9.17) is 4.74 Å². The summed E-state index contributed by atoms with van der Waals surface area (Å²) in [7, 11) is 1.55. The molecule has 1 fully saturated rings. The number of hydrogen-bond acceptors (Lipinski definition) is 4. The smallest absolute Gasteiger partial charge is 0.241 e. The summed E-state index contributed by atoms with van der Waals surface area (Å²) in [6.45, 7) is 5.28. The molecule has 2 N–H and O–H groups in total. The summed E-state index contributed by atoms with van der Waals surface area (Å²) in [6, 6.07) is 4.99. The molecular formula is C17H25N3O3. The maximum Gasteiger partial charge on any atom is 0.241 e. The van der Waals surface area contributed by atoms with Gasteiger partial charge in [-0.15, -0.1) is 0 Å². The summed E-state index contributed by atoms with van der Waals surface area (Å²) >= 11 is 0. The van der Waals surface area contributed by atoms with E-state index < -0.39 is 0 Å². The molecule has 1 aromatic carbocycles. The summed E-state index contributed by atoms with van der Waals surface area (Å²) in [5.41, 5.74) is 1.19. The Bertz CT molecular complexity index is 568. The molecule has 0 spiro atoms. The molecule has 0 aliphatic carbocycles. The van der Waals surface area contributed by atoms with Gasteiger partial charge < -0.3 is 15.4 Å². The van der Waals surface area contributed by atoms with E-state index in [2.05, 4.69) is 15.5 Å². The first-order valence-electron chi connectivity index (χ1n) is 8.02. The largest absolute Gasteiger partial charge is 0.495 e. The minimum atomic E-state index is -0.190. The predicted molar refractivity (Wildman–Crippen MR) is 90.8 cm³/mol. The lowest BCUT2D eigenvalue weighted by molar-refractivity contribution is -0.121. The summed E-state index contributed by atoms with van der Waals surface area (Å²) in [6.07, 6.45) is 3.51. The lowest BCUT2D eigenvalue weighted by Gasteiger charge is -2.31. The Kier molecular flexibility index (Phi) is 5.98. The minimum absolute atomic E-state index is 0.0647. The van der Waals surface area contributed by atoms with Crippen molar-refractivity contribution in [1.82, 2.24) is 4.90 Å². The zero-order chi connectivity index (χ0) is 16.8. The highest BCUT2D eigenvalue weighted by atomic mass is 16.5. The van der Waals surface area contributed by atoms with E-state index in [0.717, 1.165) is 25.9 Å². The molecule has 1 aromatic rings. The van der Waals surface area contributed by atoms with Gasteiger partial charge in [-0.2, -0.15) is 0 Å². The van der Waals surface area contributed by atoms with Gasteiger partial charge in [-0.25, -0.2) is 0 Å². The maximum atomic E-state index is 12.5. The minimum Gasteiger partial charge on any atom is -0.495 e. The van der Waals surface area contributed by atoms with Crippen LogP contribution in [0.5, 0.6) is 5.75 Å². The SMILES string of the molecule is COc1ccc(NC(C)=O)cc1NC(=O)[C@@H](C)N1CCCCC1. The summed E-state index contributed by atoms with van der Waals surface area (Å²) in [5, 5.41) is 5.62. The van der Waals surface area contributed by atoms with Crippen molar-refractivity contribution < 1.29 is 14.3 Å². The molecule has 2 rings (SSSR count). The number of nitrogens with zero attached hydrogens (tertiary/aromatic N) is 1. The van der Waals surface area contributed by atoms with Gasteiger partial charge in [0, 0.05) is 12.6 Å². The van der Waals surface area contributed by atoms with E-state index in [-0.39, 0.29) is 17.9 Å². The first-order chi connectivity index (χ1) is 11.0. The Labute approximate surface area is 137 Å². The van der Waals surface area contributed by atoms with Gasteiger partial charge in [0.15, 0.2) is 0 Å². The van der Waals surface area contributed by atoms with Crippen LogP contribution in [0.25, 0.3) is 0 Å². The molecule has 1 heterocycles. The van der Waals surface area contributed by atoms with Crippen LogP contribution in [-0.4, -0.2) is 43.0 Å². The summed E-state index contributed by atoms with van der Waals surface area (Å²) in [5.74, 6) is 0.345. The molecule has 1 saturated heterocycles. The van der Waals surface area contributed by atoms with Crippen molar-refractivity contribution in [3.05, 3.63) is 18.2 Å². The van der Waals surface area contributed by atoms with Gasteiger partial charge in [-0.05, 0) is 51.1 Å². The molecular weight excluding hydrogens is 294 g/mol. The van der Waals surface area contributed by atoms with Crippen LogP contribution in [0.3, 0.4) is 0 Å². The van der Waals surface area contributed by atoms with Gasteiger partial charge in [0.1, 0.15) is 5.75 Å². The molecule has 23 heavy (non-hydrogen) atoms. The summed E-state index contributed by atoms with van der Waals surface area (Å²) < 4.78 is 5.29. The molecule has 1 atom stereocenters. The molecule has 0 unspecified atom stereocenters. The molecule has 1 aliphatic rings. The highest BCUT2D eigenvalue weighted by molar-refractivity contribution is 5.97. The zero-order valence-corrected chi connectivity index (χ0v) is 14.0. The highest BCUT2D eigenvalue weighted by Crippen LogP contribution is 2.28. The van der Waals surface area contributed by atoms with Crippen molar-refractivity contribution >= 4 is 23.2 Å². The molecule has 6 nitrogen and oxygen atoms in total. The van der Waals surface area contributed by atoms with Gasteiger partial charge >= 0.3 is 0 Å². The monoisotopic (exact) mass is 319 g/mol. The molecule has 1 aliphatic heterocycles. The van der Waals surface area contributed by atoms with Crippen molar-refractivity contribution in [2.24, 2.45) is 0 Å². The number of amides is 2. The Balaban J connectivity index is 2.10. The highest BCUT2D eigenvalue weighted by Gasteiger charge is 2.23. The van der Waals surface area contributed by atoms with Crippen molar-refractivity contribution in [1.29, 1.82) is 0 Å². The number of nitrogens with one attached hydrogen (secondary N) is 2. The zero-order valence-electron chi connectivity index (χ0n) is 14.0. The molecule has 6 heteroatoms. The Morgan fingerprint density at radius 3 is 2.48 bits per heavy atom. The number of carbonyl (C=O) groups is 2. The Morgan fingerprint density at radius 1 is 1.17 bits per heavy atom. The average Bonchev–Trinajstić information content (AvgIpc) is 2.54. The number of rotatable bonds is 5. The second-order valence-corrected chi connectivity index (χ2v) is 5.86. The fourth-order valence-electron chi connectivity index (χ4n) is 2.80. The van der Waals surface area contributed by atoms with Crippen molar-refractivity contribution in [2.75, 3.05) is 30.8 Å². The van der Waals surface area contributed by atoms with Crippen molar-refractivity contribution in [2.45, 2.75) is 39.2 Å². The standard InChI is InChI=1S/C17H25N3O3/c1-12(20-9-5-4-6-10-20)17(22)19-15-11-14(18-13(2)21)7-8-16(15)23-3/h7-8,11-12H,4-6,9-10H2,1-3H3,(H,18,21)(H,19,22)/t12-/m1/s1. The van der Waals surface area contributed by atoms with Crippen LogP contribution in [0.15, 0.2) is 18.2 Å². The van der Waals surface area contributed by atoms with E-state index in [1.807, 2.05) is 6.92 Å². The number of carbonyl (C=O) groups excluding carboxylic acids is 2. The molecule has 0 bridgehead atoms. The maximum absolute atomic E-state index is 12.5. The third kappa shape index (κ3) is 4.69. The fraction of sp³-hybridized carbons (Fsp3) is 0.529. The second kappa shape index (κ2) is 7.97. The summed E-state index contributed by atoms with van der Waals surface area (Å²) in [4.78, 5) is 25.9. The normalized spacial score (nSPS) is 16.5. The van der Waals surface area contributed by atoms with Crippen LogP contribution in [0.2, 0.25) is 0 Å². The first kappa shape index (κ1) is 17.3. The van der Waals surface area contributed by atoms with Gasteiger partial charge in [0.2, 0.25) is 11.8 Å². The van der Waals surface area contributed by atoms with Crippen LogP contribution in [0, 0.1) is 0 Å². The van der Waals surface area contributed by atoms with Crippen molar-refractivity contribution in [3.63, 3.8) is 0 Å². The van der Waals surface area contributed by atoms with Gasteiger partial charge in [0.25, 0.3) is 0 Å². The van der Waals surface area contributed by atoms with E-state index in [1.54, 1.807) is 25.3 Å². The second-order valence-electron chi connectivity index (χ2n) is 5.86. The van der Waals surface area contributed by atoms with E-state index in [0.29, 0.717) is 17.1 Å². The quantitative estimate of drug-likeness (QED) is 0.874. The van der Waals surface area contributed by atoms with Gasteiger partial charge in [-0.3, -0.25) is 14.5 Å². The topological polar surface area (TPSA) is 70.7 Å². The number of likely N-dealkylation sites (tertiary alicyclic amines) is 1. The molecule has 126 valence electrons. The van der Waals surface area contributed by atoms with Gasteiger partial charge in [-0.1, -0.05) is 6.42 Å². The van der Waals surface area contributed by atoms with Crippen LogP contribution >= 0.6 is 0 Å². The van der Waals surface area contributed by atoms with E-state index >= 15 is 0 Å². The van der Waals surface area contributed by atoms with E-state index in [9.17, 15) is 9.59 Å².